The Bertz CT molecular complexity index is 781. The maximum atomic E-state index is 12.9. The van der Waals surface area contributed by atoms with E-state index < -0.39 is 4.92 Å². The molecular weight excluding hydrogens is 261 g/mol. The number of nitro benzene ring substituents is 1. The molecule has 0 saturated heterocycles. The predicted octanol–water partition coefficient (Wildman–Crippen LogP) is 3.13. The molecule has 20 heavy (non-hydrogen) atoms. The molecule has 0 N–H and O–H groups in total. The summed E-state index contributed by atoms with van der Waals surface area (Å²) in [4.78, 5) is 10.4. The lowest BCUT2D eigenvalue weighted by Crippen LogP contribution is -2.01. The molecule has 0 radical (unpaired) electrons. The zero-order chi connectivity index (χ0) is 14.1. The lowest BCUT2D eigenvalue weighted by Gasteiger charge is -2.04. The molecule has 0 aliphatic carbocycles. The smallest absolute Gasteiger partial charge is 0.260 e. The van der Waals surface area contributed by atoms with E-state index in [1.807, 2.05) is 0 Å². The number of nitrogens with zero attached hydrogens (tertiary/aromatic N) is 3. The molecule has 0 amide bonds. The van der Waals surface area contributed by atoms with Gasteiger partial charge in [-0.3, -0.25) is 14.8 Å². The van der Waals surface area contributed by atoms with Crippen LogP contribution in [0.2, 0.25) is 0 Å². The van der Waals surface area contributed by atoms with Crippen LogP contribution in [0.25, 0.3) is 10.9 Å². The zero-order valence-electron chi connectivity index (χ0n) is 10.4. The topological polar surface area (TPSA) is 61.0 Å². The first-order valence-corrected chi connectivity index (χ1v) is 5.98. The van der Waals surface area contributed by atoms with E-state index in [4.69, 9.17) is 0 Å². The summed E-state index contributed by atoms with van der Waals surface area (Å²) >= 11 is 0. The van der Waals surface area contributed by atoms with Crippen molar-refractivity contribution in [2.75, 3.05) is 0 Å². The number of benzene rings is 2. The molecule has 1 heterocycles. The Morgan fingerprint density at radius 3 is 2.65 bits per heavy atom. The van der Waals surface area contributed by atoms with Crippen LogP contribution in [0, 0.1) is 15.9 Å². The third-order valence-electron chi connectivity index (χ3n) is 3.08. The number of nitro groups is 1. The summed E-state index contributed by atoms with van der Waals surface area (Å²) < 4.78 is 14.5. The quantitative estimate of drug-likeness (QED) is 0.543. The van der Waals surface area contributed by atoms with E-state index in [1.165, 1.54) is 24.3 Å². The van der Waals surface area contributed by atoms with Crippen LogP contribution in [-0.4, -0.2) is 14.7 Å². The van der Waals surface area contributed by atoms with Crippen molar-refractivity contribution in [3.05, 3.63) is 70.2 Å². The third-order valence-corrected chi connectivity index (χ3v) is 3.08. The summed E-state index contributed by atoms with van der Waals surface area (Å²) in [5.74, 6) is -0.297. The fourth-order valence-electron chi connectivity index (χ4n) is 2.06. The van der Waals surface area contributed by atoms with E-state index in [-0.39, 0.29) is 11.5 Å². The summed E-state index contributed by atoms with van der Waals surface area (Å²) in [5, 5.41) is 15.9. The molecular formula is C14H10FN3O2. The number of aromatic nitrogens is 2. The summed E-state index contributed by atoms with van der Waals surface area (Å²) in [6.45, 7) is 0.435. The second-order valence-corrected chi connectivity index (χ2v) is 4.43. The van der Waals surface area contributed by atoms with E-state index >= 15 is 0 Å². The minimum Gasteiger partial charge on any atom is -0.260 e. The van der Waals surface area contributed by atoms with Crippen LogP contribution in [0.4, 0.5) is 10.1 Å². The van der Waals surface area contributed by atoms with Crippen molar-refractivity contribution in [2.45, 2.75) is 6.54 Å². The number of rotatable bonds is 3. The van der Waals surface area contributed by atoms with Gasteiger partial charge in [0.05, 0.1) is 23.2 Å². The maximum Gasteiger partial charge on any atom is 0.271 e. The largest absolute Gasteiger partial charge is 0.271 e. The van der Waals surface area contributed by atoms with Crippen molar-refractivity contribution in [3.8, 4) is 0 Å². The molecule has 0 aliphatic heterocycles. The van der Waals surface area contributed by atoms with Gasteiger partial charge in [-0.25, -0.2) is 4.39 Å². The number of hydrogen-bond acceptors (Lipinski definition) is 3. The van der Waals surface area contributed by atoms with Crippen molar-refractivity contribution < 1.29 is 9.31 Å². The summed E-state index contributed by atoms with van der Waals surface area (Å²) in [6, 6.07) is 10.7. The minimum absolute atomic E-state index is 0.0263. The molecule has 0 unspecified atom stereocenters. The monoisotopic (exact) mass is 271 g/mol. The number of halogens is 1. The van der Waals surface area contributed by atoms with Gasteiger partial charge in [0, 0.05) is 17.5 Å². The fraction of sp³-hybridized carbons (Fsp3) is 0.0714. The van der Waals surface area contributed by atoms with Gasteiger partial charge in [0.25, 0.3) is 5.69 Å². The summed E-state index contributed by atoms with van der Waals surface area (Å²) in [6.07, 6.45) is 1.66. The van der Waals surface area contributed by atoms with Gasteiger partial charge in [-0.05, 0) is 23.8 Å². The Labute approximate surface area is 113 Å². The third kappa shape index (κ3) is 2.23. The van der Waals surface area contributed by atoms with Gasteiger partial charge in [-0.1, -0.05) is 12.1 Å². The van der Waals surface area contributed by atoms with Crippen molar-refractivity contribution >= 4 is 16.6 Å². The van der Waals surface area contributed by atoms with Gasteiger partial charge in [-0.2, -0.15) is 5.10 Å². The van der Waals surface area contributed by atoms with Crippen molar-refractivity contribution in [3.63, 3.8) is 0 Å². The average molecular weight is 271 g/mol. The lowest BCUT2D eigenvalue weighted by molar-refractivity contribution is -0.384. The highest BCUT2D eigenvalue weighted by atomic mass is 19.1. The SMILES string of the molecule is O=[N+]([O-])c1ccc2cnn(Cc3ccc(F)cc3)c2c1. The molecule has 0 bridgehead atoms. The molecule has 0 spiro atoms. The highest BCUT2D eigenvalue weighted by Crippen LogP contribution is 2.21. The van der Waals surface area contributed by atoms with Crippen LogP contribution < -0.4 is 0 Å². The second-order valence-electron chi connectivity index (χ2n) is 4.43. The van der Waals surface area contributed by atoms with Crippen LogP contribution in [-0.2, 0) is 6.54 Å². The zero-order valence-corrected chi connectivity index (χ0v) is 10.4. The minimum atomic E-state index is -0.436. The molecule has 0 aliphatic rings. The molecule has 5 nitrogen and oxygen atoms in total. The maximum absolute atomic E-state index is 12.9. The average Bonchev–Trinajstić information content (AvgIpc) is 2.84. The van der Waals surface area contributed by atoms with Crippen LogP contribution in [0.15, 0.2) is 48.7 Å². The Morgan fingerprint density at radius 2 is 1.95 bits per heavy atom. The number of non-ortho nitro benzene ring substituents is 1. The molecule has 1 aromatic heterocycles. The summed E-state index contributed by atoms with van der Waals surface area (Å²) in [5.41, 5.74) is 1.59. The van der Waals surface area contributed by atoms with Gasteiger partial charge in [0.2, 0.25) is 0 Å². The second kappa shape index (κ2) is 4.73. The van der Waals surface area contributed by atoms with E-state index in [0.29, 0.717) is 12.1 Å². The van der Waals surface area contributed by atoms with Gasteiger partial charge in [-0.15, -0.1) is 0 Å². The Hall–Kier alpha value is -2.76. The van der Waals surface area contributed by atoms with Gasteiger partial charge in [0.1, 0.15) is 5.82 Å². The Balaban J connectivity index is 2.00. The lowest BCUT2D eigenvalue weighted by atomic mass is 10.2. The first-order valence-electron chi connectivity index (χ1n) is 5.98. The fourth-order valence-corrected chi connectivity index (χ4v) is 2.06. The number of hydrogen-bond donors (Lipinski definition) is 0. The standard InChI is InChI=1S/C14H10FN3O2/c15-12-4-1-10(2-5-12)9-17-14-7-13(18(19)20)6-3-11(14)8-16-17/h1-8H,9H2. The molecule has 6 heteroatoms. The molecule has 100 valence electrons. The molecule has 3 rings (SSSR count). The highest BCUT2D eigenvalue weighted by molar-refractivity contribution is 5.81. The molecule has 0 fully saturated rings. The Kier molecular flexibility index (Phi) is 2.90. The highest BCUT2D eigenvalue weighted by Gasteiger charge is 2.10. The first-order chi connectivity index (χ1) is 9.63. The molecule has 0 atom stereocenters. The molecule has 3 aromatic rings. The molecule has 2 aromatic carbocycles. The van der Waals surface area contributed by atoms with Crippen LogP contribution in [0.3, 0.4) is 0 Å². The van der Waals surface area contributed by atoms with Crippen molar-refractivity contribution in [1.29, 1.82) is 0 Å². The number of fused-ring (bicyclic) bond motifs is 1. The van der Waals surface area contributed by atoms with Crippen LogP contribution in [0.1, 0.15) is 5.56 Å². The van der Waals surface area contributed by atoms with Crippen LogP contribution in [0.5, 0.6) is 0 Å². The van der Waals surface area contributed by atoms with E-state index in [2.05, 4.69) is 5.10 Å². The van der Waals surface area contributed by atoms with E-state index in [1.54, 1.807) is 29.1 Å². The normalized spacial score (nSPS) is 10.8. The van der Waals surface area contributed by atoms with E-state index in [9.17, 15) is 14.5 Å². The molecule has 0 saturated carbocycles. The van der Waals surface area contributed by atoms with Crippen LogP contribution >= 0.6 is 0 Å². The van der Waals surface area contributed by atoms with E-state index in [0.717, 1.165) is 10.9 Å². The predicted molar refractivity (Wildman–Crippen MR) is 71.9 cm³/mol. The van der Waals surface area contributed by atoms with Crippen molar-refractivity contribution in [2.24, 2.45) is 0 Å². The van der Waals surface area contributed by atoms with Gasteiger partial charge >= 0.3 is 0 Å². The summed E-state index contributed by atoms with van der Waals surface area (Å²) in [7, 11) is 0. The van der Waals surface area contributed by atoms with Gasteiger partial charge in [0.15, 0.2) is 0 Å². The van der Waals surface area contributed by atoms with Gasteiger partial charge < -0.3 is 0 Å². The van der Waals surface area contributed by atoms with Crippen molar-refractivity contribution in [1.82, 2.24) is 9.78 Å². The first kappa shape index (κ1) is 12.3. The Morgan fingerprint density at radius 1 is 1.20 bits per heavy atom.